The molecule has 2 aromatic carbocycles. The van der Waals surface area contributed by atoms with E-state index in [0.717, 1.165) is 29.8 Å². The second-order valence-corrected chi connectivity index (χ2v) is 13.2. The molecule has 1 fully saturated rings. The quantitative estimate of drug-likeness (QED) is 0.103. The number of nitrogens with zero attached hydrogens (tertiary/aromatic N) is 1. The first kappa shape index (κ1) is 40.6. The van der Waals surface area contributed by atoms with E-state index in [9.17, 15) is 24.0 Å². The van der Waals surface area contributed by atoms with E-state index in [1.807, 2.05) is 54.6 Å². The summed E-state index contributed by atoms with van der Waals surface area (Å²) in [4.78, 5) is 67.9. The Bertz CT molecular complexity index is 1390. The predicted molar refractivity (Wildman–Crippen MR) is 195 cm³/mol. The van der Waals surface area contributed by atoms with Gasteiger partial charge in [0.05, 0.1) is 19.2 Å². The van der Waals surface area contributed by atoms with Crippen molar-refractivity contribution in [2.45, 2.75) is 70.6 Å². The third-order valence-corrected chi connectivity index (χ3v) is 8.66. The average molecular weight is 734 g/mol. The van der Waals surface area contributed by atoms with Crippen molar-refractivity contribution in [3.8, 4) is 0 Å². The zero-order valence-corrected chi connectivity index (χ0v) is 30.5. The van der Waals surface area contributed by atoms with Crippen LogP contribution >= 0.6 is 23.2 Å². The molecular weight excluding hydrogens is 683 g/mol. The van der Waals surface area contributed by atoms with E-state index in [0.29, 0.717) is 31.3 Å². The fourth-order valence-electron chi connectivity index (χ4n) is 5.64. The smallest absolute Gasteiger partial charge is 0.328 e. The van der Waals surface area contributed by atoms with E-state index in [1.165, 1.54) is 0 Å². The molecule has 0 spiro atoms. The molecule has 50 heavy (non-hydrogen) atoms. The third kappa shape index (κ3) is 13.1. The normalized spacial score (nSPS) is 15.8. The van der Waals surface area contributed by atoms with Crippen molar-refractivity contribution in [3.05, 3.63) is 65.7 Å². The van der Waals surface area contributed by atoms with Gasteiger partial charge in [-0.25, -0.2) is 4.79 Å². The highest BCUT2D eigenvalue weighted by Gasteiger charge is 2.32. The summed E-state index contributed by atoms with van der Waals surface area (Å²) >= 11 is 11.9. The Balaban J connectivity index is 1.75. The monoisotopic (exact) mass is 732 g/mol. The second kappa shape index (κ2) is 21.4. The number of hydrogen-bond donors (Lipinski definition) is 5. The maximum Gasteiger partial charge on any atom is 0.328 e. The number of benzene rings is 2. The van der Waals surface area contributed by atoms with Crippen molar-refractivity contribution in [2.24, 2.45) is 5.92 Å². The number of rotatable bonds is 20. The summed E-state index contributed by atoms with van der Waals surface area (Å²) in [7, 11) is 0. The molecule has 4 unspecified atom stereocenters. The van der Waals surface area contributed by atoms with E-state index in [1.54, 1.807) is 20.8 Å². The fraction of sp³-hybridized carbons (Fsp3) is 0.528. The highest BCUT2D eigenvalue weighted by molar-refractivity contribution is 6.18. The minimum atomic E-state index is -1.09. The van der Waals surface area contributed by atoms with Gasteiger partial charge in [-0.05, 0) is 55.5 Å². The Morgan fingerprint density at radius 3 is 2.06 bits per heavy atom. The lowest BCUT2D eigenvalue weighted by Crippen LogP contribution is -2.58. The van der Waals surface area contributed by atoms with Crippen LogP contribution in [-0.2, 0) is 41.6 Å². The standard InChI is InChI=1S/C36H50Cl2N6O6/c1-4-50-36(49)30(22-26-12-14-27(15-13-26)44(19-16-37)20-17-38)42-34(47)29(21-25-9-6-5-7-10-25)41-35(48)32(24(2)3)43-31(45)23-40-33(46)28-11-8-18-39-28/h5-7,9-10,12-15,24,28-30,32,39H,4,8,11,16-23H2,1-3H3,(H,40,46)(H,41,48)(H,42,47)(H,43,45). The highest BCUT2D eigenvalue weighted by Crippen LogP contribution is 2.17. The van der Waals surface area contributed by atoms with Crippen LogP contribution in [0.2, 0.25) is 0 Å². The molecule has 4 atom stereocenters. The van der Waals surface area contributed by atoms with Crippen molar-refractivity contribution >= 4 is 58.5 Å². The van der Waals surface area contributed by atoms with Gasteiger partial charge in [0.25, 0.3) is 0 Å². The molecule has 0 aromatic heterocycles. The topological polar surface area (TPSA) is 158 Å². The number of carbonyl (C=O) groups excluding carboxylic acids is 5. The van der Waals surface area contributed by atoms with Gasteiger partial charge in [0, 0.05) is 43.4 Å². The van der Waals surface area contributed by atoms with Gasteiger partial charge < -0.3 is 36.2 Å². The minimum Gasteiger partial charge on any atom is -0.464 e. The van der Waals surface area contributed by atoms with Crippen LogP contribution in [0, 0.1) is 5.92 Å². The van der Waals surface area contributed by atoms with Crippen LogP contribution in [0.5, 0.6) is 0 Å². The molecule has 12 nitrogen and oxygen atoms in total. The zero-order valence-electron chi connectivity index (χ0n) is 29.0. The van der Waals surface area contributed by atoms with E-state index < -0.39 is 41.8 Å². The largest absolute Gasteiger partial charge is 0.464 e. The number of hydrogen-bond acceptors (Lipinski definition) is 8. The van der Waals surface area contributed by atoms with Gasteiger partial charge in [0.2, 0.25) is 23.6 Å². The van der Waals surface area contributed by atoms with Gasteiger partial charge in [0.1, 0.15) is 18.1 Å². The summed E-state index contributed by atoms with van der Waals surface area (Å²) in [6, 6.07) is 13.3. The Morgan fingerprint density at radius 2 is 1.48 bits per heavy atom. The first-order valence-corrected chi connectivity index (χ1v) is 18.2. The van der Waals surface area contributed by atoms with Crippen molar-refractivity contribution in [1.29, 1.82) is 0 Å². The van der Waals surface area contributed by atoms with E-state index in [-0.39, 0.29) is 43.9 Å². The van der Waals surface area contributed by atoms with E-state index in [4.69, 9.17) is 27.9 Å². The Kier molecular flexibility index (Phi) is 17.3. The maximum absolute atomic E-state index is 13.9. The molecule has 5 N–H and O–H groups in total. The fourth-order valence-corrected chi connectivity index (χ4v) is 6.05. The first-order chi connectivity index (χ1) is 24.1. The molecule has 4 amide bonds. The molecule has 0 radical (unpaired) electrons. The number of nitrogens with one attached hydrogen (secondary N) is 5. The number of esters is 1. The Labute approximate surface area is 304 Å². The number of anilines is 1. The summed E-state index contributed by atoms with van der Waals surface area (Å²) in [5.74, 6) is -2.03. The minimum absolute atomic E-state index is 0.119. The number of ether oxygens (including phenoxy) is 1. The Hall–Kier alpha value is -3.87. The van der Waals surface area contributed by atoms with Gasteiger partial charge >= 0.3 is 5.97 Å². The molecule has 14 heteroatoms. The van der Waals surface area contributed by atoms with E-state index >= 15 is 0 Å². The van der Waals surface area contributed by atoms with E-state index in [2.05, 4.69) is 31.5 Å². The Morgan fingerprint density at radius 1 is 0.860 bits per heavy atom. The molecule has 1 heterocycles. The predicted octanol–water partition coefficient (Wildman–Crippen LogP) is 2.30. The highest BCUT2D eigenvalue weighted by atomic mass is 35.5. The molecular formula is C36H50Cl2N6O6. The molecule has 1 aliphatic rings. The lowest BCUT2D eigenvalue weighted by molar-refractivity contribution is -0.147. The van der Waals surface area contributed by atoms with Crippen LogP contribution in [0.4, 0.5) is 5.69 Å². The zero-order chi connectivity index (χ0) is 36.5. The summed E-state index contributed by atoms with van der Waals surface area (Å²) in [6.07, 6.45) is 1.86. The van der Waals surface area contributed by atoms with Crippen LogP contribution in [0.1, 0.15) is 44.7 Å². The molecule has 1 aliphatic heterocycles. The maximum atomic E-state index is 13.9. The number of alkyl halides is 2. The van der Waals surface area contributed by atoms with Crippen LogP contribution in [0.15, 0.2) is 54.6 Å². The molecule has 274 valence electrons. The van der Waals surface area contributed by atoms with Crippen LogP contribution in [0.25, 0.3) is 0 Å². The lowest BCUT2D eigenvalue weighted by atomic mass is 10.00. The lowest BCUT2D eigenvalue weighted by Gasteiger charge is -2.27. The molecule has 2 aromatic rings. The number of halogens is 2. The SMILES string of the molecule is CCOC(=O)C(Cc1ccc(N(CCCl)CCCl)cc1)NC(=O)C(Cc1ccccc1)NC(=O)C(NC(=O)CNC(=O)C1CCCN1)C(C)C. The van der Waals surface area contributed by atoms with Gasteiger partial charge in [-0.1, -0.05) is 56.3 Å². The second-order valence-electron chi connectivity index (χ2n) is 12.5. The van der Waals surface area contributed by atoms with Gasteiger partial charge in [-0.15, -0.1) is 23.2 Å². The van der Waals surface area contributed by atoms with Crippen LogP contribution < -0.4 is 31.5 Å². The van der Waals surface area contributed by atoms with Gasteiger partial charge in [-0.3, -0.25) is 19.2 Å². The van der Waals surface area contributed by atoms with Crippen molar-refractivity contribution in [1.82, 2.24) is 26.6 Å². The number of carbonyl (C=O) groups is 5. The summed E-state index contributed by atoms with van der Waals surface area (Å²) in [5, 5.41) is 14.0. The third-order valence-electron chi connectivity index (χ3n) is 8.32. The molecule has 0 aliphatic carbocycles. The van der Waals surface area contributed by atoms with Crippen molar-refractivity contribution < 1.29 is 28.7 Å². The molecule has 0 saturated carbocycles. The molecule has 3 rings (SSSR count). The van der Waals surface area contributed by atoms with Gasteiger partial charge in [-0.2, -0.15) is 0 Å². The van der Waals surface area contributed by atoms with Gasteiger partial charge in [0.15, 0.2) is 0 Å². The summed E-state index contributed by atoms with van der Waals surface area (Å²) in [6.45, 7) is 7.04. The van der Waals surface area contributed by atoms with Crippen LogP contribution in [-0.4, -0.2) is 98.3 Å². The van der Waals surface area contributed by atoms with Crippen molar-refractivity contribution in [3.63, 3.8) is 0 Å². The average Bonchev–Trinajstić information content (AvgIpc) is 3.65. The van der Waals surface area contributed by atoms with Crippen molar-refractivity contribution in [2.75, 3.05) is 49.4 Å². The summed E-state index contributed by atoms with van der Waals surface area (Å²) < 4.78 is 5.31. The van der Waals surface area contributed by atoms with Crippen LogP contribution in [0.3, 0.4) is 0 Å². The molecule has 0 bridgehead atoms. The first-order valence-electron chi connectivity index (χ1n) is 17.1. The number of amides is 4. The summed E-state index contributed by atoms with van der Waals surface area (Å²) in [5.41, 5.74) is 2.49. The molecule has 1 saturated heterocycles.